The second kappa shape index (κ2) is 5.15. The number of rotatable bonds is 2. The average Bonchev–Trinajstić information content (AvgIpc) is 2.39. The molecule has 0 aromatic carbocycles. The quantitative estimate of drug-likeness (QED) is 0.779. The topological polar surface area (TPSA) is 49.1 Å². The van der Waals surface area contributed by atoms with E-state index in [-0.39, 0.29) is 6.10 Å². The minimum atomic E-state index is 0.247. The minimum absolute atomic E-state index is 0.247. The first-order valence-corrected chi connectivity index (χ1v) is 5.89. The van der Waals surface area contributed by atoms with E-state index < -0.39 is 0 Å². The third-order valence-corrected chi connectivity index (χ3v) is 3.37. The highest BCUT2D eigenvalue weighted by atomic mass is 16.5. The maximum Gasteiger partial charge on any atom is 0.142 e. The summed E-state index contributed by atoms with van der Waals surface area (Å²) >= 11 is 0. The second-order valence-electron chi connectivity index (χ2n) is 4.48. The van der Waals surface area contributed by atoms with Gasteiger partial charge in [-0.05, 0) is 24.5 Å². The first-order chi connectivity index (χ1) is 8.24. The van der Waals surface area contributed by atoms with Crippen molar-refractivity contribution in [2.45, 2.75) is 19.4 Å². The third kappa shape index (κ3) is 2.56. The van der Waals surface area contributed by atoms with Crippen molar-refractivity contribution in [1.82, 2.24) is 4.98 Å². The van der Waals surface area contributed by atoms with Crippen LogP contribution in [0, 0.1) is 17.2 Å². The summed E-state index contributed by atoms with van der Waals surface area (Å²) in [5, 5.41) is 8.84. The molecule has 0 N–H and O–H groups in total. The molecule has 0 radical (unpaired) electrons. The van der Waals surface area contributed by atoms with Gasteiger partial charge in [0.1, 0.15) is 17.6 Å². The van der Waals surface area contributed by atoms with Gasteiger partial charge in [0.15, 0.2) is 0 Å². The highest BCUT2D eigenvalue weighted by Gasteiger charge is 2.26. The summed E-state index contributed by atoms with van der Waals surface area (Å²) in [6.07, 6.45) is 1.34. The summed E-state index contributed by atoms with van der Waals surface area (Å²) in [4.78, 5) is 6.51. The Balaban J connectivity index is 2.15. The molecule has 0 bridgehead atoms. The predicted molar refractivity (Wildman–Crippen MR) is 65.7 cm³/mol. The number of nitriles is 1. The van der Waals surface area contributed by atoms with Crippen molar-refractivity contribution in [2.24, 2.45) is 5.92 Å². The molecule has 2 unspecified atom stereocenters. The fourth-order valence-electron chi connectivity index (χ4n) is 2.21. The Morgan fingerprint density at radius 3 is 3.06 bits per heavy atom. The van der Waals surface area contributed by atoms with Gasteiger partial charge in [0, 0.05) is 20.2 Å². The van der Waals surface area contributed by atoms with Crippen molar-refractivity contribution < 1.29 is 4.74 Å². The summed E-state index contributed by atoms with van der Waals surface area (Å²) in [6.45, 7) is 4.03. The maximum absolute atomic E-state index is 8.84. The van der Waals surface area contributed by atoms with Crippen molar-refractivity contribution in [3.8, 4) is 6.07 Å². The number of ether oxygens (including phenoxy) is 1. The van der Waals surface area contributed by atoms with Gasteiger partial charge in [-0.2, -0.15) is 5.26 Å². The molecule has 17 heavy (non-hydrogen) atoms. The van der Waals surface area contributed by atoms with Gasteiger partial charge in [-0.1, -0.05) is 13.0 Å². The molecule has 1 aromatic heterocycles. The van der Waals surface area contributed by atoms with Crippen LogP contribution in [0.2, 0.25) is 0 Å². The lowest BCUT2D eigenvalue weighted by atomic mass is 9.96. The standard InChI is InChI=1S/C13H17N3O/c1-10-6-7-16(9-12(10)17-2)13-5-3-4-11(8-14)15-13/h3-5,10,12H,6-7,9H2,1-2H3. The average molecular weight is 231 g/mol. The molecule has 1 fully saturated rings. The van der Waals surface area contributed by atoms with E-state index in [0.717, 1.165) is 25.3 Å². The molecule has 4 heteroatoms. The van der Waals surface area contributed by atoms with Crippen LogP contribution in [0.5, 0.6) is 0 Å². The van der Waals surface area contributed by atoms with Gasteiger partial charge in [0.2, 0.25) is 0 Å². The Morgan fingerprint density at radius 1 is 1.53 bits per heavy atom. The summed E-state index contributed by atoms with van der Waals surface area (Å²) in [7, 11) is 1.75. The molecule has 0 saturated carbocycles. The van der Waals surface area contributed by atoms with Crippen molar-refractivity contribution in [2.75, 3.05) is 25.1 Å². The molecular weight excluding hydrogens is 214 g/mol. The second-order valence-corrected chi connectivity index (χ2v) is 4.48. The molecule has 0 spiro atoms. The largest absolute Gasteiger partial charge is 0.379 e. The number of hydrogen-bond donors (Lipinski definition) is 0. The Morgan fingerprint density at radius 2 is 2.35 bits per heavy atom. The monoisotopic (exact) mass is 231 g/mol. The van der Waals surface area contributed by atoms with Crippen LogP contribution in [0.25, 0.3) is 0 Å². The van der Waals surface area contributed by atoms with Crippen LogP contribution >= 0.6 is 0 Å². The van der Waals surface area contributed by atoms with Crippen molar-refractivity contribution >= 4 is 5.82 Å². The Hall–Kier alpha value is -1.60. The fourth-order valence-corrected chi connectivity index (χ4v) is 2.21. The molecule has 90 valence electrons. The fraction of sp³-hybridized carbons (Fsp3) is 0.538. The van der Waals surface area contributed by atoms with Gasteiger partial charge in [0.25, 0.3) is 0 Å². The number of methoxy groups -OCH3 is 1. The number of pyridine rings is 1. The summed E-state index contributed by atoms with van der Waals surface area (Å²) in [5.41, 5.74) is 0.468. The van der Waals surface area contributed by atoms with E-state index in [1.54, 1.807) is 13.2 Å². The predicted octanol–water partition coefficient (Wildman–Crippen LogP) is 1.81. The maximum atomic E-state index is 8.84. The van der Waals surface area contributed by atoms with Gasteiger partial charge in [-0.15, -0.1) is 0 Å². The van der Waals surface area contributed by atoms with Crippen LogP contribution in [0.3, 0.4) is 0 Å². The number of nitrogens with zero attached hydrogens (tertiary/aromatic N) is 3. The molecule has 0 aliphatic carbocycles. The van der Waals surface area contributed by atoms with Crippen molar-refractivity contribution in [1.29, 1.82) is 5.26 Å². The summed E-state index contributed by atoms with van der Waals surface area (Å²) in [6, 6.07) is 7.62. The van der Waals surface area contributed by atoms with E-state index in [2.05, 4.69) is 22.9 Å². The molecule has 1 aromatic rings. The van der Waals surface area contributed by atoms with Gasteiger partial charge in [0.05, 0.1) is 6.10 Å². The van der Waals surface area contributed by atoms with E-state index in [1.807, 2.05) is 12.1 Å². The molecule has 4 nitrogen and oxygen atoms in total. The van der Waals surface area contributed by atoms with Crippen LogP contribution in [-0.4, -0.2) is 31.3 Å². The lowest BCUT2D eigenvalue weighted by Crippen LogP contribution is -2.44. The zero-order valence-corrected chi connectivity index (χ0v) is 10.3. The molecule has 2 rings (SSSR count). The van der Waals surface area contributed by atoms with Crippen molar-refractivity contribution in [3.63, 3.8) is 0 Å². The smallest absolute Gasteiger partial charge is 0.142 e. The molecule has 1 aliphatic rings. The van der Waals surface area contributed by atoms with E-state index in [4.69, 9.17) is 10.00 Å². The Labute approximate surface area is 102 Å². The van der Waals surface area contributed by atoms with E-state index in [1.165, 1.54) is 0 Å². The highest BCUT2D eigenvalue weighted by molar-refractivity contribution is 5.42. The minimum Gasteiger partial charge on any atom is -0.379 e. The number of aromatic nitrogens is 1. The van der Waals surface area contributed by atoms with Crippen LogP contribution in [-0.2, 0) is 4.74 Å². The Kier molecular flexibility index (Phi) is 3.60. The molecule has 2 heterocycles. The summed E-state index contributed by atoms with van der Waals surface area (Å²) in [5.74, 6) is 1.45. The van der Waals surface area contributed by atoms with E-state index >= 15 is 0 Å². The molecule has 1 saturated heterocycles. The van der Waals surface area contributed by atoms with Gasteiger partial charge < -0.3 is 9.64 Å². The van der Waals surface area contributed by atoms with Crippen LogP contribution < -0.4 is 4.90 Å². The van der Waals surface area contributed by atoms with E-state index in [0.29, 0.717) is 11.6 Å². The first kappa shape index (κ1) is 11.9. The first-order valence-electron chi connectivity index (χ1n) is 5.89. The number of anilines is 1. The highest BCUT2D eigenvalue weighted by Crippen LogP contribution is 2.23. The lowest BCUT2D eigenvalue weighted by Gasteiger charge is -2.36. The molecule has 1 aliphatic heterocycles. The normalized spacial score (nSPS) is 24.4. The number of piperidine rings is 1. The SMILES string of the molecule is COC1CN(c2cccc(C#N)n2)CCC1C. The van der Waals surface area contributed by atoms with Crippen LogP contribution in [0.1, 0.15) is 19.0 Å². The van der Waals surface area contributed by atoms with Crippen LogP contribution in [0.15, 0.2) is 18.2 Å². The lowest BCUT2D eigenvalue weighted by molar-refractivity contribution is 0.0496. The Bertz CT molecular complexity index is 427. The zero-order chi connectivity index (χ0) is 12.3. The zero-order valence-electron chi connectivity index (χ0n) is 10.3. The summed E-state index contributed by atoms with van der Waals surface area (Å²) < 4.78 is 5.48. The van der Waals surface area contributed by atoms with E-state index in [9.17, 15) is 0 Å². The van der Waals surface area contributed by atoms with Crippen molar-refractivity contribution in [3.05, 3.63) is 23.9 Å². The van der Waals surface area contributed by atoms with Gasteiger partial charge in [-0.3, -0.25) is 0 Å². The molecule has 0 amide bonds. The van der Waals surface area contributed by atoms with Crippen LogP contribution in [0.4, 0.5) is 5.82 Å². The molecule has 2 atom stereocenters. The third-order valence-electron chi connectivity index (χ3n) is 3.37. The van der Waals surface area contributed by atoms with Gasteiger partial charge in [-0.25, -0.2) is 4.98 Å². The molecular formula is C13H17N3O. The number of hydrogen-bond acceptors (Lipinski definition) is 4. The van der Waals surface area contributed by atoms with Gasteiger partial charge >= 0.3 is 0 Å².